The summed E-state index contributed by atoms with van der Waals surface area (Å²) in [6, 6.07) is 0.386. The minimum Gasteiger partial charge on any atom is -0.462 e. The van der Waals surface area contributed by atoms with E-state index in [4.69, 9.17) is 4.74 Å². The molecule has 5 saturated carbocycles. The highest BCUT2D eigenvalue weighted by atomic mass is 32.2. The molecular weight excluding hydrogens is 593 g/mol. The highest BCUT2D eigenvalue weighted by Crippen LogP contribution is 2.76. The smallest absolute Gasteiger partial charge is 0.302 e. The number of hydrogen-bond acceptors (Lipinski definition) is 6. The van der Waals surface area contributed by atoms with Gasteiger partial charge in [0.15, 0.2) is 9.84 Å². The second-order valence-corrected chi connectivity index (χ2v) is 20.7. The minimum absolute atomic E-state index is 0.00570. The van der Waals surface area contributed by atoms with E-state index in [-0.39, 0.29) is 28.4 Å². The van der Waals surface area contributed by atoms with Crippen LogP contribution in [0.4, 0.5) is 0 Å². The average molecular weight is 659 g/mol. The third kappa shape index (κ3) is 5.29. The number of nitrogens with zero attached hydrogens (tertiary/aromatic N) is 1. The van der Waals surface area contributed by atoms with Crippen molar-refractivity contribution in [2.45, 2.75) is 144 Å². The first-order chi connectivity index (χ1) is 21.4. The van der Waals surface area contributed by atoms with Crippen LogP contribution in [0.1, 0.15) is 126 Å². The molecule has 1 heterocycles. The molecule has 6 nitrogen and oxygen atoms in total. The van der Waals surface area contributed by atoms with Gasteiger partial charge in [-0.2, -0.15) is 0 Å². The van der Waals surface area contributed by atoms with Crippen molar-refractivity contribution in [1.82, 2.24) is 10.2 Å². The summed E-state index contributed by atoms with van der Waals surface area (Å²) >= 11 is 0. The molecule has 0 unspecified atom stereocenters. The summed E-state index contributed by atoms with van der Waals surface area (Å²) in [5.41, 5.74) is 2.38. The maximum atomic E-state index is 12.2. The van der Waals surface area contributed by atoms with Crippen molar-refractivity contribution >= 4 is 15.8 Å². The Balaban J connectivity index is 1.26. The first-order valence-corrected chi connectivity index (χ1v) is 20.8. The number of allylic oxidation sites excluding steroid dienone is 1. The van der Waals surface area contributed by atoms with Crippen molar-refractivity contribution in [3.8, 4) is 0 Å². The van der Waals surface area contributed by atoms with Crippen LogP contribution in [0.15, 0.2) is 12.2 Å². The predicted molar refractivity (Wildman–Crippen MR) is 187 cm³/mol. The lowest BCUT2D eigenvalue weighted by atomic mass is 9.32. The Morgan fingerprint density at radius 2 is 1.59 bits per heavy atom. The number of fused-ring (bicyclic) bond motifs is 7. The van der Waals surface area contributed by atoms with Crippen molar-refractivity contribution in [3.63, 3.8) is 0 Å². The van der Waals surface area contributed by atoms with Gasteiger partial charge in [0.25, 0.3) is 0 Å². The van der Waals surface area contributed by atoms with Crippen molar-refractivity contribution < 1.29 is 17.9 Å². The monoisotopic (exact) mass is 658 g/mol. The van der Waals surface area contributed by atoms with E-state index in [1.54, 1.807) is 6.92 Å². The summed E-state index contributed by atoms with van der Waals surface area (Å²) in [6.45, 7) is 25.9. The van der Waals surface area contributed by atoms with Crippen LogP contribution in [0.3, 0.4) is 0 Å². The number of carbonyl (C=O) groups excluding carboxylic acids is 1. The van der Waals surface area contributed by atoms with Gasteiger partial charge in [-0.1, -0.05) is 53.7 Å². The number of esters is 1. The molecular formula is C39H66N2O4S. The zero-order chi connectivity index (χ0) is 33.5. The summed E-state index contributed by atoms with van der Waals surface area (Å²) in [5, 5.41) is 4.30. The van der Waals surface area contributed by atoms with E-state index < -0.39 is 9.84 Å². The standard InChI is InChI=1S/C39H66N2O4S/c1-10-28(41-21-23-46(43,44)24-22-41)25-40-39-18-13-29(26(2)3)34(39)30-11-12-32-36(7)16-15-33(45-27(4)42)35(5,6)31(36)14-17-38(32,9)37(30,8)19-20-39/h28-34,40H,2,10-25H2,1,3-9H3/t28-,29-,30+,31-,32+,33-,34+,36-,37+,38+,39-/m0/s1. The molecule has 6 rings (SSSR count). The van der Waals surface area contributed by atoms with Gasteiger partial charge in [-0.3, -0.25) is 9.69 Å². The van der Waals surface area contributed by atoms with Gasteiger partial charge in [-0.15, -0.1) is 0 Å². The lowest BCUT2D eigenvalue weighted by Crippen LogP contribution is -2.69. The fourth-order valence-corrected chi connectivity index (χ4v) is 15.0. The number of nitrogens with one attached hydrogen (secondary N) is 1. The number of rotatable bonds is 7. The maximum absolute atomic E-state index is 12.2. The number of carbonyl (C=O) groups is 1. The van der Waals surface area contributed by atoms with Crippen molar-refractivity contribution in [2.75, 3.05) is 31.1 Å². The van der Waals surface area contributed by atoms with Gasteiger partial charge in [-0.05, 0) is 123 Å². The van der Waals surface area contributed by atoms with Crippen LogP contribution in [0.2, 0.25) is 0 Å². The fraction of sp³-hybridized carbons (Fsp3) is 0.923. The third-order valence-corrected chi connectivity index (χ3v) is 18.0. The lowest BCUT2D eigenvalue weighted by Gasteiger charge is -2.73. The van der Waals surface area contributed by atoms with Gasteiger partial charge in [0.1, 0.15) is 6.10 Å². The molecule has 7 heteroatoms. The average Bonchev–Trinajstić information content (AvgIpc) is 3.36. The van der Waals surface area contributed by atoms with Crippen LogP contribution in [0.25, 0.3) is 0 Å². The highest BCUT2D eigenvalue weighted by Gasteiger charge is 2.71. The summed E-state index contributed by atoms with van der Waals surface area (Å²) in [4.78, 5) is 14.5. The normalized spacial score (nSPS) is 47.0. The summed E-state index contributed by atoms with van der Waals surface area (Å²) < 4.78 is 30.3. The van der Waals surface area contributed by atoms with Crippen LogP contribution >= 0.6 is 0 Å². The lowest BCUT2D eigenvalue weighted by molar-refractivity contribution is -0.246. The van der Waals surface area contributed by atoms with Gasteiger partial charge >= 0.3 is 5.97 Å². The number of hydrogen-bond donors (Lipinski definition) is 1. The Morgan fingerprint density at radius 1 is 0.891 bits per heavy atom. The topological polar surface area (TPSA) is 75.7 Å². The molecule has 0 spiro atoms. The second-order valence-electron chi connectivity index (χ2n) is 18.4. The van der Waals surface area contributed by atoms with Crippen molar-refractivity contribution in [2.24, 2.45) is 51.2 Å². The zero-order valence-corrected chi connectivity index (χ0v) is 31.4. The van der Waals surface area contributed by atoms with Crippen molar-refractivity contribution in [1.29, 1.82) is 0 Å². The summed E-state index contributed by atoms with van der Waals surface area (Å²) in [5.74, 6) is 3.61. The molecule has 1 aliphatic heterocycles. The molecule has 262 valence electrons. The second kappa shape index (κ2) is 11.9. The SMILES string of the molecule is C=C(C)[C@@H]1CC[C@]2(NC[C@H](CC)N3CCS(=O)(=O)CC3)CC[C@]3(C)[C@H](CC[C@@H]4[C@@]5(C)CC[C@H](OC(C)=O)C(C)(C)[C@@H]5CC[C@]43C)[C@@H]12. The van der Waals surface area contributed by atoms with Crippen LogP contribution in [-0.2, 0) is 19.4 Å². The Morgan fingerprint density at radius 3 is 2.22 bits per heavy atom. The molecule has 0 aromatic carbocycles. The highest BCUT2D eigenvalue weighted by molar-refractivity contribution is 7.91. The molecule has 5 aliphatic carbocycles. The molecule has 0 aromatic rings. The largest absolute Gasteiger partial charge is 0.462 e. The maximum Gasteiger partial charge on any atom is 0.302 e. The molecule has 0 radical (unpaired) electrons. The van der Waals surface area contributed by atoms with E-state index >= 15 is 0 Å². The van der Waals surface area contributed by atoms with E-state index in [2.05, 4.69) is 65.3 Å². The number of sulfone groups is 1. The van der Waals surface area contributed by atoms with E-state index in [1.807, 2.05) is 0 Å². The number of ether oxygens (including phenoxy) is 1. The Labute approximate surface area is 281 Å². The first kappa shape index (κ1) is 34.9. The van der Waals surface area contributed by atoms with Crippen LogP contribution in [0.5, 0.6) is 0 Å². The molecule has 0 aromatic heterocycles. The molecule has 6 fully saturated rings. The quantitative estimate of drug-likeness (QED) is 0.227. The van der Waals surface area contributed by atoms with Crippen LogP contribution in [0, 0.1) is 51.2 Å². The van der Waals surface area contributed by atoms with Gasteiger partial charge in [0.05, 0.1) is 11.5 Å². The Bertz CT molecular complexity index is 1300. The van der Waals surface area contributed by atoms with Crippen LogP contribution in [-0.4, -0.2) is 68.1 Å². The molecule has 6 aliphatic rings. The first-order valence-electron chi connectivity index (χ1n) is 19.0. The molecule has 0 bridgehead atoms. The molecule has 0 amide bonds. The minimum atomic E-state index is -2.88. The fourth-order valence-electron chi connectivity index (χ4n) is 13.8. The summed E-state index contributed by atoms with van der Waals surface area (Å²) in [6.07, 6.45) is 13.4. The van der Waals surface area contributed by atoms with Gasteiger partial charge < -0.3 is 10.1 Å². The van der Waals surface area contributed by atoms with Crippen molar-refractivity contribution in [3.05, 3.63) is 12.2 Å². The molecule has 46 heavy (non-hydrogen) atoms. The predicted octanol–water partition coefficient (Wildman–Crippen LogP) is 7.43. The molecule has 1 N–H and O–H groups in total. The van der Waals surface area contributed by atoms with E-state index in [9.17, 15) is 13.2 Å². The Hall–Kier alpha value is -0.920. The zero-order valence-electron chi connectivity index (χ0n) is 30.6. The summed E-state index contributed by atoms with van der Waals surface area (Å²) in [7, 11) is -2.88. The molecule has 1 saturated heterocycles. The van der Waals surface area contributed by atoms with E-state index in [0.29, 0.717) is 71.1 Å². The third-order valence-electron chi connectivity index (χ3n) is 16.4. The van der Waals surface area contributed by atoms with Gasteiger partial charge in [-0.25, -0.2) is 8.42 Å². The molecule has 11 atom stereocenters. The van der Waals surface area contributed by atoms with Gasteiger partial charge in [0.2, 0.25) is 0 Å². The van der Waals surface area contributed by atoms with Gasteiger partial charge in [0, 0.05) is 43.6 Å². The van der Waals surface area contributed by atoms with E-state index in [0.717, 1.165) is 19.4 Å². The van der Waals surface area contributed by atoms with Crippen LogP contribution < -0.4 is 5.32 Å². The Kier molecular flexibility index (Phi) is 9.00. The van der Waals surface area contributed by atoms with E-state index in [1.165, 1.54) is 63.4 Å².